The van der Waals surface area contributed by atoms with E-state index in [1.165, 1.54) is 6.07 Å². The smallest absolute Gasteiger partial charge is 0.178 e. The zero-order valence-electron chi connectivity index (χ0n) is 10.5. The van der Waals surface area contributed by atoms with E-state index in [0.29, 0.717) is 40.9 Å². The number of imidazole rings is 1. The van der Waals surface area contributed by atoms with Gasteiger partial charge in [0, 0.05) is 18.3 Å². The average molecular weight is 291 g/mol. The molecule has 102 valence electrons. The molecule has 0 fully saturated rings. The third-order valence-electron chi connectivity index (χ3n) is 3.73. The number of halogens is 2. The van der Waals surface area contributed by atoms with E-state index in [0.717, 1.165) is 6.07 Å². The number of benzene rings is 1. The number of nitriles is 1. The molecule has 1 aromatic carbocycles. The number of fused-ring (bicyclic) bond motifs is 1. The van der Waals surface area contributed by atoms with Gasteiger partial charge >= 0.3 is 0 Å². The van der Waals surface area contributed by atoms with Crippen LogP contribution in [0.15, 0.2) is 18.3 Å². The van der Waals surface area contributed by atoms with Gasteiger partial charge in [0.25, 0.3) is 0 Å². The lowest BCUT2D eigenvalue weighted by molar-refractivity contribution is 0.423. The van der Waals surface area contributed by atoms with Crippen LogP contribution in [-0.2, 0) is 12.8 Å². The summed E-state index contributed by atoms with van der Waals surface area (Å²) in [5, 5.41) is 9.09. The maximum Gasteiger partial charge on any atom is 0.178 e. The van der Waals surface area contributed by atoms with Crippen molar-refractivity contribution in [3.05, 3.63) is 51.6 Å². The van der Waals surface area contributed by atoms with Gasteiger partial charge in [-0.05, 0) is 48.7 Å². The van der Waals surface area contributed by atoms with Crippen LogP contribution in [0.4, 0.5) is 8.78 Å². The summed E-state index contributed by atoms with van der Waals surface area (Å²) < 4.78 is 29.2. The highest BCUT2D eigenvalue weighted by Crippen LogP contribution is 2.32. The van der Waals surface area contributed by atoms with Crippen molar-refractivity contribution < 1.29 is 8.78 Å². The van der Waals surface area contributed by atoms with Crippen molar-refractivity contribution in [2.45, 2.75) is 25.3 Å². The Balaban J connectivity index is 2.03. The highest BCUT2D eigenvalue weighted by Gasteiger charge is 2.25. The summed E-state index contributed by atoms with van der Waals surface area (Å²) in [4.78, 5) is 2.84. The Morgan fingerprint density at radius 2 is 2.20 bits per heavy atom. The van der Waals surface area contributed by atoms with Crippen LogP contribution in [0.3, 0.4) is 0 Å². The van der Waals surface area contributed by atoms with E-state index >= 15 is 0 Å². The second kappa shape index (κ2) is 4.84. The third kappa shape index (κ3) is 2.04. The summed E-state index contributed by atoms with van der Waals surface area (Å²) >= 11 is 5.18. The maximum absolute atomic E-state index is 13.7. The first-order chi connectivity index (χ1) is 9.60. The molecule has 1 atom stereocenters. The highest BCUT2D eigenvalue weighted by molar-refractivity contribution is 7.71. The lowest BCUT2D eigenvalue weighted by Gasteiger charge is -2.26. The largest absolute Gasteiger partial charge is 0.336 e. The Hall–Kier alpha value is -2.00. The molecule has 1 aromatic heterocycles. The summed E-state index contributed by atoms with van der Waals surface area (Å²) in [6.07, 6.45) is 3.23. The van der Waals surface area contributed by atoms with E-state index in [1.54, 1.807) is 10.8 Å². The van der Waals surface area contributed by atoms with Gasteiger partial charge in [0.15, 0.2) is 4.77 Å². The van der Waals surface area contributed by atoms with Crippen LogP contribution in [0.2, 0.25) is 0 Å². The molecule has 1 aliphatic rings. The molecule has 1 N–H and O–H groups in total. The van der Waals surface area contributed by atoms with Gasteiger partial charge in [0.05, 0.1) is 0 Å². The standard InChI is InChI=1S/C14H11F2N3S/c15-9-3-8-4-10(1-2-12(8)13(16)5-9)19-11(6-17)7-18-14(19)20/h3,5,7,10H,1-2,4H2,(H,18,20). The van der Waals surface area contributed by atoms with E-state index in [9.17, 15) is 8.78 Å². The van der Waals surface area contributed by atoms with Crippen molar-refractivity contribution in [2.75, 3.05) is 0 Å². The molecule has 0 amide bonds. The number of hydrogen-bond acceptors (Lipinski definition) is 2. The molecule has 20 heavy (non-hydrogen) atoms. The van der Waals surface area contributed by atoms with Gasteiger partial charge in [-0.25, -0.2) is 8.78 Å². The summed E-state index contributed by atoms with van der Waals surface area (Å²) in [6.45, 7) is 0. The first-order valence-electron chi connectivity index (χ1n) is 6.27. The van der Waals surface area contributed by atoms with E-state index in [-0.39, 0.29) is 6.04 Å². The summed E-state index contributed by atoms with van der Waals surface area (Å²) in [5.41, 5.74) is 1.68. The van der Waals surface area contributed by atoms with E-state index in [1.807, 2.05) is 0 Å². The number of H-pyrrole nitrogens is 1. The highest BCUT2D eigenvalue weighted by atomic mass is 32.1. The Morgan fingerprint density at radius 1 is 1.40 bits per heavy atom. The molecular weight excluding hydrogens is 280 g/mol. The molecule has 0 bridgehead atoms. The molecule has 1 unspecified atom stereocenters. The van der Waals surface area contributed by atoms with Gasteiger partial charge in [-0.3, -0.25) is 0 Å². The molecule has 0 radical (unpaired) electrons. The van der Waals surface area contributed by atoms with Crippen LogP contribution in [0.1, 0.15) is 29.3 Å². The lowest BCUT2D eigenvalue weighted by Crippen LogP contribution is -2.21. The second-order valence-corrected chi connectivity index (χ2v) is 5.27. The predicted octanol–water partition coefficient (Wildman–Crippen LogP) is 3.43. The molecule has 0 saturated heterocycles. The van der Waals surface area contributed by atoms with Crippen molar-refractivity contribution in [1.82, 2.24) is 9.55 Å². The minimum absolute atomic E-state index is 0.0444. The van der Waals surface area contributed by atoms with Gasteiger partial charge in [0.1, 0.15) is 23.4 Å². The van der Waals surface area contributed by atoms with Crippen molar-refractivity contribution in [3.8, 4) is 6.07 Å². The lowest BCUT2D eigenvalue weighted by atomic mass is 9.87. The number of aromatic nitrogens is 2. The van der Waals surface area contributed by atoms with Crippen LogP contribution >= 0.6 is 12.2 Å². The van der Waals surface area contributed by atoms with Crippen LogP contribution in [0.5, 0.6) is 0 Å². The Labute approximate surface area is 119 Å². The third-order valence-corrected chi connectivity index (χ3v) is 4.04. The normalized spacial score (nSPS) is 17.6. The second-order valence-electron chi connectivity index (χ2n) is 4.88. The molecule has 0 spiro atoms. The molecule has 3 rings (SSSR count). The Kier molecular flexibility index (Phi) is 3.14. The van der Waals surface area contributed by atoms with Crippen LogP contribution < -0.4 is 0 Å². The minimum atomic E-state index is -0.569. The molecule has 0 aliphatic heterocycles. The Morgan fingerprint density at radius 3 is 2.95 bits per heavy atom. The Bertz CT molecular complexity index is 770. The topological polar surface area (TPSA) is 44.5 Å². The minimum Gasteiger partial charge on any atom is -0.336 e. The van der Waals surface area contributed by atoms with Crippen molar-refractivity contribution in [2.24, 2.45) is 0 Å². The molecule has 0 saturated carbocycles. The number of nitrogens with zero attached hydrogens (tertiary/aromatic N) is 2. The van der Waals surface area contributed by atoms with Gasteiger partial charge in [-0.2, -0.15) is 5.26 Å². The molecule has 6 heteroatoms. The van der Waals surface area contributed by atoms with E-state index in [2.05, 4.69) is 11.1 Å². The zero-order chi connectivity index (χ0) is 14.3. The van der Waals surface area contributed by atoms with Crippen LogP contribution in [0, 0.1) is 27.7 Å². The summed E-state index contributed by atoms with van der Waals surface area (Å²) in [6, 6.07) is 4.32. The van der Waals surface area contributed by atoms with Crippen LogP contribution in [-0.4, -0.2) is 9.55 Å². The first kappa shape index (κ1) is 13.0. The predicted molar refractivity (Wildman–Crippen MR) is 71.8 cm³/mol. The number of nitrogens with one attached hydrogen (secondary N) is 1. The van der Waals surface area contributed by atoms with E-state index < -0.39 is 11.6 Å². The van der Waals surface area contributed by atoms with Crippen molar-refractivity contribution in [3.63, 3.8) is 0 Å². The SMILES string of the molecule is N#Cc1c[nH]c(=S)n1C1CCc2c(F)cc(F)cc2C1. The molecule has 1 heterocycles. The number of hydrogen-bond donors (Lipinski definition) is 1. The summed E-state index contributed by atoms with van der Waals surface area (Å²) in [5.74, 6) is -1.06. The van der Waals surface area contributed by atoms with Crippen LogP contribution in [0.25, 0.3) is 0 Å². The van der Waals surface area contributed by atoms with Gasteiger partial charge < -0.3 is 9.55 Å². The zero-order valence-corrected chi connectivity index (χ0v) is 11.3. The van der Waals surface area contributed by atoms with Crippen molar-refractivity contribution >= 4 is 12.2 Å². The van der Waals surface area contributed by atoms with Crippen molar-refractivity contribution in [1.29, 1.82) is 5.26 Å². The molecule has 1 aliphatic carbocycles. The monoisotopic (exact) mass is 291 g/mol. The van der Waals surface area contributed by atoms with Gasteiger partial charge in [-0.1, -0.05) is 0 Å². The molecule has 2 aromatic rings. The number of aromatic amines is 1. The fourth-order valence-corrected chi connectivity index (χ4v) is 3.14. The number of rotatable bonds is 1. The van der Waals surface area contributed by atoms with E-state index in [4.69, 9.17) is 17.5 Å². The maximum atomic E-state index is 13.7. The van der Waals surface area contributed by atoms with Gasteiger partial charge in [0.2, 0.25) is 0 Å². The average Bonchev–Trinajstić information content (AvgIpc) is 2.78. The fraction of sp³-hybridized carbons (Fsp3) is 0.286. The molecule has 3 nitrogen and oxygen atoms in total. The fourth-order valence-electron chi connectivity index (χ4n) is 2.83. The first-order valence-corrected chi connectivity index (χ1v) is 6.68. The summed E-state index contributed by atoms with van der Waals surface area (Å²) in [7, 11) is 0. The van der Waals surface area contributed by atoms with Gasteiger partial charge in [-0.15, -0.1) is 0 Å². The molecular formula is C14H11F2N3S. The quantitative estimate of drug-likeness (QED) is 0.818.